The van der Waals surface area contributed by atoms with Gasteiger partial charge < -0.3 is 13.8 Å². The highest BCUT2D eigenvalue weighted by Gasteiger charge is 2.14. The highest BCUT2D eigenvalue weighted by Crippen LogP contribution is 2.34. The highest BCUT2D eigenvalue weighted by molar-refractivity contribution is 5.93. The molecule has 186 valence electrons. The molecular formula is C29H36N2O4. The lowest BCUT2D eigenvalue weighted by Gasteiger charge is -2.10. The minimum Gasteiger partial charge on any atom is -0.496 e. The molecule has 3 aromatic rings. The first-order valence-electron chi connectivity index (χ1n) is 12.4. The quantitative estimate of drug-likeness (QED) is 0.142. The topological polar surface area (TPSA) is 78.4 Å². The zero-order valence-electron chi connectivity index (χ0n) is 21.5. The lowest BCUT2D eigenvalue weighted by molar-refractivity contribution is 0.0970. The van der Waals surface area contributed by atoms with Gasteiger partial charge in [-0.15, -0.1) is 0 Å². The minimum atomic E-state index is 0.0350. The number of carbonyl (C=O) groups excluding carboxylic acids is 1. The highest BCUT2D eigenvalue weighted by atomic mass is 16.5. The summed E-state index contributed by atoms with van der Waals surface area (Å²) in [6, 6.07) is 7.76. The molecule has 35 heavy (non-hydrogen) atoms. The number of aromatic nitrogens is 2. The predicted molar refractivity (Wildman–Crippen MR) is 139 cm³/mol. The molecule has 3 rings (SSSR count). The van der Waals surface area contributed by atoms with Crippen molar-refractivity contribution in [3.8, 4) is 17.1 Å². The summed E-state index contributed by atoms with van der Waals surface area (Å²) in [5.74, 6) is 1.52. The van der Waals surface area contributed by atoms with E-state index in [4.69, 9.17) is 13.8 Å². The Hall–Kier alpha value is -3.41. The normalized spacial score (nSPS) is 12.3. The average Bonchev–Trinajstić information content (AvgIpc) is 3.57. The molecule has 0 saturated heterocycles. The van der Waals surface area contributed by atoms with Crippen molar-refractivity contribution < 1.29 is 18.6 Å². The van der Waals surface area contributed by atoms with E-state index < -0.39 is 0 Å². The van der Waals surface area contributed by atoms with Gasteiger partial charge in [0.15, 0.2) is 11.5 Å². The summed E-state index contributed by atoms with van der Waals surface area (Å²) in [6.07, 6.45) is 12.0. The SMILES string of the molecule is CCC(C)=C(C)/C=C\c1cc(-c2cc(CCCCCCC(=O)c3ccon3)no2)c(OC)cc1C. The van der Waals surface area contributed by atoms with Gasteiger partial charge in [-0.3, -0.25) is 4.79 Å². The number of aryl methyl sites for hydroxylation is 2. The van der Waals surface area contributed by atoms with Crippen molar-refractivity contribution in [2.75, 3.05) is 7.11 Å². The number of nitrogens with zero attached hydrogens (tertiary/aromatic N) is 2. The average molecular weight is 477 g/mol. The van der Waals surface area contributed by atoms with E-state index in [2.05, 4.69) is 56.2 Å². The molecule has 0 bridgehead atoms. The number of benzene rings is 1. The van der Waals surface area contributed by atoms with Crippen LogP contribution in [0, 0.1) is 6.92 Å². The summed E-state index contributed by atoms with van der Waals surface area (Å²) in [7, 11) is 1.68. The van der Waals surface area contributed by atoms with Gasteiger partial charge >= 0.3 is 0 Å². The van der Waals surface area contributed by atoms with Crippen molar-refractivity contribution in [2.24, 2.45) is 0 Å². The number of hydrogen-bond acceptors (Lipinski definition) is 6. The molecule has 0 unspecified atom stereocenters. The number of rotatable bonds is 13. The van der Waals surface area contributed by atoms with E-state index in [1.54, 1.807) is 13.2 Å². The minimum absolute atomic E-state index is 0.0350. The van der Waals surface area contributed by atoms with Crippen molar-refractivity contribution in [2.45, 2.75) is 72.6 Å². The summed E-state index contributed by atoms with van der Waals surface area (Å²) >= 11 is 0. The van der Waals surface area contributed by atoms with Crippen molar-refractivity contribution in [3.05, 3.63) is 70.3 Å². The van der Waals surface area contributed by atoms with Crippen LogP contribution in [0.4, 0.5) is 0 Å². The van der Waals surface area contributed by atoms with Crippen LogP contribution in [-0.2, 0) is 6.42 Å². The molecule has 6 heteroatoms. The largest absolute Gasteiger partial charge is 0.496 e. The van der Waals surface area contributed by atoms with Crippen molar-refractivity contribution >= 4 is 11.9 Å². The molecule has 0 radical (unpaired) electrons. The molecule has 0 spiro atoms. The maximum absolute atomic E-state index is 12.0. The van der Waals surface area contributed by atoms with Crippen molar-refractivity contribution in [1.82, 2.24) is 10.3 Å². The standard InChI is InChI=1S/C29H36N2O4/c1-6-20(2)21(3)13-14-23-18-25(28(33-5)17-22(23)4)29-19-24(30-35-29)11-9-7-8-10-12-27(32)26-15-16-34-31-26/h13-19H,6-12H2,1-5H3/b14-13-,21-20?. The van der Waals surface area contributed by atoms with Gasteiger partial charge in [-0.05, 0) is 69.7 Å². The van der Waals surface area contributed by atoms with E-state index in [0.717, 1.165) is 66.7 Å². The van der Waals surface area contributed by atoms with Gasteiger partial charge in [-0.1, -0.05) is 53.4 Å². The predicted octanol–water partition coefficient (Wildman–Crippen LogP) is 7.78. The van der Waals surface area contributed by atoms with Gasteiger partial charge in [-0.25, -0.2) is 0 Å². The van der Waals surface area contributed by atoms with Crippen LogP contribution in [0.1, 0.15) is 86.6 Å². The number of allylic oxidation sites excluding steroid dienone is 3. The number of ketones is 1. The third-order valence-corrected chi connectivity index (χ3v) is 6.44. The summed E-state index contributed by atoms with van der Waals surface area (Å²) in [4.78, 5) is 12.0. The molecule has 0 saturated carbocycles. The van der Waals surface area contributed by atoms with Gasteiger partial charge in [0.2, 0.25) is 0 Å². The molecule has 0 N–H and O–H groups in total. The second-order valence-electron chi connectivity index (χ2n) is 8.96. The maximum atomic E-state index is 12.0. The van der Waals surface area contributed by atoms with Crippen molar-refractivity contribution in [3.63, 3.8) is 0 Å². The molecule has 0 aliphatic carbocycles. The van der Waals surface area contributed by atoms with E-state index in [9.17, 15) is 4.79 Å². The first kappa shape index (κ1) is 26.2. The fourth-order valence-corrected chi connectivity index (χ4v) is 3.86. The summed E-state index contributed by atoms with van der Waals surface area (Å²) < 4.78 is 16.1. The van der Waals surface area contributed by atoms with Gasteiger partial charge in [0.25, 0.3) is 0 Å². The smallest absolute Gasteiger partial charge is 0.184 e. The summed E-state index contributed by atoms with van der Waals surface area (Å²) in [5, 5.41) is 7.97. The molecule has 2 aromatic heterocycles. The second kappa shape index (κ2) is 12.9. The number of hydrogen-bond donors (Lipinski definition) is 0. The van der Waals surface area contributed by atoms with E-state index in [0.29, 0.717) is 17.9 Å². The Balaban J connectivity index is 1.58. The molecule has 6 nitrogen and oxygen atoms in total. The first-order valence-corrected chi connectivity index (χ1v) is 12.4. The van der Waals surface area contributed by atoms with Crippen LogP contribution in [0.25, 0.3) is 17.4 Å². The molecule has 0 atom stereocenters. The van der Waals surface area contributed by atoms with Crippen LogP contribution in [0.3, 0.4) is 0 Å². The number of unbranched alkanes of at least 4 members (excludes halogenated alkanes) is 3. The lowest BCUT2D eigenvalue weighted by Crippen LogP contribution is -1.98. The van der Waals surface area contributed by atoms with Gasteiger partial charge in [-0.2, -0.15) is 0 Å². The van der Waals surface area contributed by atoms with Gasteiger partial charge in [0.05, 0.1) is 18.4 Å². The lowest BCUT2D eigenvalue weighted by atomic mass is 10.00. The number of ether oxygens (including phenoxy) is 1. The van der Waals surface area contributed by atoms with Crippen LogP contribution in [0.5, 0.6) is 5.75 Å². The van der Waals surface area contributed by atoms with Crippen LogP contribution < -0.4 is 4.74 Å². The molecule has 0 aliphatic heterocycles. The fraction of sp³-hybridized carbons (Fsp3) is 0.414. The summed E-state index contributed by atoms with van der Waals surface area (Å²) in [5.41, 5.74) is 7.18. The number of carbonyl (C=O) groups is 1. The van der Waals surface area contributed by atoms with E-state index >= 15 is 0 Å². The van der Waals surface area contributed by atoms with Crippen LogP contribution in [0.2, 0.25) is 0 Å². The Bertz CT molecular complexity index is 1170. The molecule has 1 aromatic carbocycles. The van der Waals surface area contributed by atoms with E-state index in [-0.39, 0.29) is 5.78 Å². The zero-order valence-corrected chi connectivity index (χ0v) is 21.5. The Labute approximate surface area is 208 Å². The van der Waals surface area contributed by atoms with Gasteiger partial charge in [0, 0.05) is 18.6 Å². The Morgan fingerprint density at radius 1 is 1.09 bits per heavy atom. The molecule has 0 amide bonds. The van der Waals surface area contributed by atoms with Gasteiger partial charge in [0.1, 0.15) is 17.7 Å². The Kier molecular flexibility index (Phi) is 9.65. The zero-order chi connectivity index (χ0) is 25.2. The van der Waals surface area contributed by atoms with Crippen LogP contribution >= 0.6 is 0 Å². The third-order valence-electron chi connectivity index (χ3n) is 6.44. The Morgan fingerprint density at radius 3 is 2.60 bits per heavy atom. The van der Waals surface area contributed by atoms with E-state index in [1.165, 1.54) is 17.4 Å². The molecule has 2 heterocycles. The monoisotopic (exact) mass is 476 g/mol. The summed E-state index contributed by atoms with van der Waals surface area (Å²) in [6.45, 7) is 8.57. The number of Topliss-reactive ketones (excluding diaryl/α,β-unsaturated/α-hetero) is 1. The Morgan fingerprint density at radius 2 is 1.89 bits per heavy atom. The van der Waals surface area contributed by atoms with Crippen molar-refractivity contribution in [1.29, 1.82) is 0 Å². The fourth-order valence-electron chi connectivity index (χ4n) is 3.86. The third kappa shape index (κ3) is 7.28. The van der Waals surface area contributed by atoms with Crippen LogP contribution in [-0.4, -0.2) is 23.2 Å². The van der Waals surface area contributed by atoms with Crippen LogP contribution in [0.15, 0.2) is 56.8 Å². The number of methoxy groups -OCH3 is 1. The van der Waals surface area contributed by atoms with E-state index in [1.807, 2.05) is 12.1 Å². The second-order valence-corrected chi connectivity index (χ2v) is 8.96. The maximum Gasteiger partial charge on any atom is 0.184 e. The molecular weight excluding hydrogens is 440 g/mol. The molecule has 0 fully saturated rings. The molecule has 0 aliphatic rings. The first-order chi connectivity index (χ1) is 16.9.